The van der Waals surface area contributed by atoms with Crippen LogP contribution in [0.3, 0.4) is 0 Å². The maximum atomic E-state index is 10.5. The van der Waals surface area contributed by atoms with Crippen molar-refractivity contribution in [1.29, 1.82) is 0 Å². The predicted octanol–water partition coefficient (Wildman–Crippen LogP) is -1.77. The first-order valence-corrected chi connectivity index (χ1v) is 6.69. The first kappa shape index (κ1) is 13.9. The number of nitrogens with zero attached hydrogens (tertiary/aromatic N) is 1. The van der Waals surface area contributed by atoms with Gasteiger partial charge in [-0.3, -0.25) is 4.90 Å². The molecule has 20 heavy (non-hydrogen) atoms. The highest BCUT2D eigenvalue weighted by molar-refractivity contribution is 5.32. The average molecular weight is 281 g/mol. The van der Waals surface area contributed by atoms with Crippen LogP contribution in [0.4, 0.5) is 0 Å². The van der Waals surface area contributed by atoms with Crippen LogP contribution in [-0.2, 0) is 0 Å². The second-order valence-electron chi connectivity index (χ2n) is 5.60. The van der Waals surface area contributed by atoms with Crippen LogP contribution in [0.2, 0.25) is 0 Å². The fourth-order valence-corrected chi connectivity index (χ4v) is 3.43. The van der Waals surface area contributed by atoms with Crippen molar-refractivity contribution in [2.45, 2.75) is 36.0 Å². The van der Waals surface area contributed by atoms with Crippen LogP contribution in [0, 0.1) is 0 Å². The molecule has 0 spiro atoms. The Labute approximate surface area is 116 Å². The molecule has 0 saturated carbocycles. The van der Waals surface area contributed by atoms with E-state index in [0.29, 0.717) is 5.56 Å². The molecule has 0 amide bonds. The summed E-state index contributed by atoms with van der Waals surface area (Å²) < 4.78 is 0. The molecule has 2 fully saturated rings. The zero-order valence-corrected chi connectivity index (χ0v) is 10.9. The van der Waals surface area contributed by atoms with E-state index in [2.05, 4.69) is 0 Å². The zero-order valence-electron chi connectivity index (χ0n) is 10.9. The fourth-order valence-electron chi connectivity index (χ4n) is 3.43. The molecule has 5 N–H and O–H groups in total. The molecule has 0 bridgehead atoms. The van der Waals surface area contributed by atoms with Crippen molar-refractivity contribution in [3.63, 3.8) is 0 Å². The van der Waals surface area contributed by atoms with Gasteiger partial charge in [0.15, 0.2) is 0 Å². The first-order chi connectivity index (χ1) is 9.54. The third kappa shape index (κ3) is 1.74. The Hall–Kier alpha value is -1.02. The summed E-state index contributed by atoms with van der Waals surface area (Å²) in [6.07, 6.45) is -4.58. The molecule has 2 aliphatic heterocycles. The monoisotopic (exact) mass is 281 g/mol. The lowest BCUT2D eigenvalue weighted by Crippen LogP contribution is -2.57. The van der Waals surface area contributed by atoms with Gasteiger partial charge >= 0.3 is 0 Å². The summed E-state index contributed by atoms with van der Waals surface area (Å²) in [5.41, 5.74) is -0.399. The van der Waals surface area contributed by atoms with Gasteiger partial charge in [0, 0.05) is 6.54 Å². The average Bonchev–Trinajstić information content (AvgIpc) is 3.14. The summed E-state index contributed by atoms with van der Waals surface area (Å²) >= 11 is 0. The summed E-state index contributed by atoms with van der Waals surface area (Å²) in [7, 11) is 0. The van der Waals surface area contributed by atoms with Crippen molar-refractivity contribution in [2.75, 3.05) is 13.2 Å². The molecule has 6 nitrogen and oxygen atoms in total. The smallest absolute Gasteiger partial charge is 0.109 e. The normalized spacial score (nSPS) is 44.8. The van der Waals surface area contributed by atoms with Gasteiger partial charge in [0.05, 0.1) is 30.4 Å². The molecule has 0 aliphatic carbocycles. The number of benzene rings is 1. The fraction of sp³-hybridized carbons (Fsp3) is 0.571. The molecule has 1 aromatic carbocycles. The van der Waals surface area contributed by atoms with E-state index < -0.39 is 36.0 Å². The van der Waals surface area contributed by atoms with Crippen molar-refractivity contribution in [1.82, 2.24) is 4.90 Å². The van der Waals surface area contributed by atoms with Gasteiger partial charge in [-0.25, -0.2) is 0 Å². The van der Waals surface area contributed by atoms with E-state index in [-0.39, 0.29) is 13.2 Å². The van der Waals surface area contributed by atoms with E-state index in [1.54, 1.807) is 29.2 Å². The number of piperidine rings is 1. The van der Waals surface area contributed by atoms with E-state index in [4.69, 9.17) is 0 Å². The highest BCUT2D eigenvalue weighted by atomic mass is 16.4. The number of hydrogen-bond donors (Lipinski definition) is 5. The van der Waals surface area contributed by atoms with Gasteiger partial charge in [0.25, 0.3) is 0 Å². The Bertz CT molecular complexity index is 484. The van der Waals surface area contributed by atoms with Crippen LogP contribution in [0.1, 0.15) is 11.7 Å². The predicted molar refractivity (Wildman–Crippen MR) is 69.7 cm³/mol. The molecule has 2 unspecified atom stereocenters. The topological polar surface area (TPSA) is 104 Å². The number of hydrogen-bond acceptors (Lipinski definition) is 6. The summed E-state index contributed by atoms with van der Waals surface area (Å²) in [4.78, 5) is 1.66. The summed E-state index contributed by atoms with van der Waals surface area (Å²) in [5, 5.41) is 49.7. The SMILES string of the molecule is OC[C@]12[C@@H](O)[C@H](O)[C@@H](O)CN1[C@@H]2C(O)c1ccccc1. The van der Waals surface area contributed by atoms with E-state index in [1.807, 2.05) is 6.07 Å². The van der Waals surface area contributed by atoms with Crippen molar-refractivity contribution in [3.05, 3.63) is 35.9 Å². The Balaban J connectivity index is 1.89. The largest absolute Gasteiger partial charge is 0.394 e. The highest BCUT2D eigenvalue weighted by Crippen LogP contribution is 2.53. The van der Waals surface area contributed by atoms with Gasteiger partial charge in [0.2, 0.25) is 0 Å². The van der Waals surface area contributed by atoms with Crippen LogP contribution in [-0.4, -0.2) is 73.5 Å². The molecule has 3 rings (SSSR count). The van der Waals surface area contributed by atoms with Crippen LogP contribution in [0.5, 0.6) is 0 Å². The van der Waals surface area contributed by atoms with E-state index in [1.165, 1.54) is 0 Å². The maximum absolute atomic E-state index is 10.5. The van der Waals surface area contributed by atoms with Crippen molar-refractivity contribution in [2.24, 2.45) is 0 Å². The minimum atomic E-state index is -1.31. The number of fused-ring (bicyclic) bond motifs is 1. The van der Waals surface area contributed by atoms with Crippen molar-refractivity contribution >= 4 is 0 Å². The second kappa shape index (κ2) is 4.77. The molecule has 2 heterocycles. The Morgan fingerprint density at radius 2 is 1.85 bits per heavy atom. The van der Waals surface area contributed by atoms with Crippen molar-refractivity contribution < 1.29 is 25.5 Å². The number of β-amino-alcohol motifs (C(OH)–C–C–N with tert-alkyl or cyclic N) is 1. The molecule has 1 aromatic rings. The minimum Gasteiger partial charge on any atom is -0.394 e. The Morgan fingerprint density at radius 3 is 2.45 bits per heavy atom. The summed E-state index contributed by atoms with van der Waals surface area (Å²) in [6, 6.07) is 8.44. The summed E-state index contributed by atoms with van der Waals surface area (Å²) in [6.45, 7) is -0.264. The molecule has 0 radical (unpaired) electrons. The van der Waals surface area contributed by atoms with Gasteiger partial charge in [-0.2, -0.15) is 0 Å². The quantitative estimate of drug-likeness (QED) is 0.420. The van der Waals surface area contributed by atoms with Crippen LogP contribution in [0.15, 0.2) is 30.3 Å². The number of rotatable bonds is 3. The third-order valence-electron chi connectivity index (χ3n) is 4.62. The molecule has 0 aromatic heterocycles. The standard InChI is InChI=1S/C14H19NO5/c16-7-14-12(10(18)8-4-2-1-3-5-8)15(14)6-9(17)11(19)13(14)20/h1-5,9-13,16-20H,6-7H2/t9-,10?,11+,12+,13-,14-,15?/m0/s1. The lowest BCUT2D eigenvalue weighted by molar-refractivity contribution is -0.115. The molecular weight excluding hydrogens is 262 g/mol. The maximum Gasteiger partial charge on any atom is 0.109 e. The summed E-state index contributed by atoms with van der Waals surface area (Å²) in [5.74, 6) is 0. The number of aliphatic hydroxyl groups excluding tert-OH is 5. The van der Waals surface area contributed by atoms with Gasteiger partial charge in [-0.1, -0.05) is 30.3 Å². The van der Waals surface area contributed by atoms with Crippen LogP contribution in [0.25, 0.3) is 0 Å². The second-order valence-corrected chi connectivity index (χ2v) is 5.60. The molecule has 2 saturated heterocycles. The zero-order chi connectivity index (χ0) is 14.5. The van der Waals surface area contributed by atoms with Gasteiger partial charge in [-0.05, 0) is 5.56 Å². The van der Waals surface area contributed by atoms with E-state index >= 15 is 0 Å². The van der Waals surface area contributed by atoms with Gasteiger partial charge in [-0.15, -0.1) is 0 Å². The molecule has 2 aliphatic rings. The van der Waals surface area contributed by atoms with E-state index in [9.17, 15) is 25.5 Å². The third-order valence-corrected chi connectivity index (χ3v) is 4.62. The highest BCUT2D eigenvalue weighted by Gasteiger charge is 2.73. The molecule has 6 heteroatoms. The number of aliphatic hydroxyl groups is 5. The minimum absolute atomic E-state index is 0.118. The van der Waals surface area contributed by atoms with Crippen LogP contribution < -0.4 is 0 Å². The van der Waals surface area contributed by atoms with Crippen molar-refractivity contribution in [3.8, 4) is 0 Å². The first-order valence-electron chi connectivity index (χ1n) is 6.69. The lowest BCUT2D eigenvalue weighted by Gasteiger charge is -2.34. The van der Waals surface area contributed by atoms with Gasteiger partial charge in [0.1, 0.15) is 12.2 Å². The molecule has 110 valence electrons. The molecular formula is C14H19NO5. The lowest BCUT2D eigenvalue weighted by atomic mass is 9.87. The van der Waals surface area contributed by atoms with Crippen LogP contribution >= 0.6 is 0 Å². The Kier molecular flexibility index (Phi) is 3.32. The molecule has 7 atom stereocenters. The van der Waals surface area contributed by atoms with Gasteiger partial charge < -0.3 is 25.5 Å². The Morgan fingerprint density at radius 1 is 1.20 bits per heavy atom. The van der Waals surface area contributed by atoms with E-state index in [0.717, 1.165) is 0 Å².